The van der Waals surface area contributed by atoms with Crippen LogP contribution in [-0.2, 0) is 54.3 Å². The van der Waals surface area contributed by atoms with E-state index in [9.17, 15) is 38.3 Å². The topological polar surface area (TPSA) is 212 Å². The number of carbonyl (C=O) groups excluding carboxylic acids is 5. The molecular formula is C48H64F2N6O11S. The Morgan fingerprint density at radius 2 is 1.44 bits per heavy atom. The van der Waals surface area contributed by atoms with Gasteiger partial charge in [-0.05, 0) is 48.2 Å². The van der Waals surface area contributed by atoms with Gasteiger partial charge in [-0.1, -0.05) is 51.1 Å². The number of nitrogens with one attached hydrogen (secondary N) is 1. The van der Waals surface area contributed by atoms with Gasteiger partial charge in [0.2, 0.25) is 17.7 Å². The van der Waals surface area contributed by atoms with Crippen LogP contribution in [0.4, 0.5) is 8.78 Å². The number of nitrogens with zero attached hydrogens (tertiary/aromatic N) is 4. The predicted molar refractivity (Wildman–Crippen MR) is 251 cm³/mol. The lowest BCUT2D eigenvalue weighted by Crippen LogP contribution is -2.53. The zero-order chi connectivity index (χ0) is 49.6. The molecular weight excluding hydrogens is 907 g/mol. The summed E-state index contributed by atoms with van der Waals surface area (Å²) in [5.41, 5.74) is 7.27. The third-order valence-corrected chi connectivity index (χ3v) is 11.1. The summed E-state index contributed by atoms with van der Waals surface area (Å²) in [7, 11) is 0. The van der Waals surface area contributed by atoms with Crippen molar-refractivity contribution in [1.82, 2.24) is 24.6 Å². The average molecular weight is 971 g/mol. The normalized spacial score (nSPS) is 13.5. The third kappa shape index (κ3) is 17.2. The maximum atomic E-state index is 15.2. The number of amides is 5. The maximum Gasteiger partial charge on any atom is 0.327 e. The highest BCUT2D eigenvalue weighted by Crippen LogP contribution is 2.41. The number of aliphatic carboxylic acids is 1. The quantitative estimate of drug-likeness (QED) is 0.0412. The van der Waals surface area contributed by atoms with Gasteiger partial charge in [0.25, 0.3) is 11.8 Å². The highest BCUT2D eigenvalue weighted by Gasteiger charge is 2.39. The molecule has 3 aromatic rings. The van der Waals surface area contributed by atoms with Crippen LogP contribution in [-0.4, -0.2) is 157 Å². The monoisotopic (exact) mass is 970 g/mol. The molecule has 0 unspecified atom stereocenters. The van der Waals surface area contributed by atoms with Gasteiger partial charge in [-0.3, -0.25) is 28.9 Å². The standard InChI is InChI=1S/C48H64F2N6O11S/c1-48(2,3)46(39-28-35(37-29-36(49)10-11-38(37)50)31-53(39)30-34-8-5-4-6-9-34)55(18-7-16-51)45(61)32-56(40(33-68)47(62)63)44(60)15-20-64-22-24-66-26-27-67-25-23-65-21-17-52-41(57)14-19-54-42(58)12-13-43(54)59/h4-6,8-13,28-29,31,40,46,68H,7,14-27,30,32-33,51H2,1-3H3,(H,52,57)(H,62,63)/t40-,46-/m0/s1. The molecule has 0 saturated carbocycles. The second kappa shape index (κ2) is 28.1. The predicted octanol–water partition coefficient (Wildman–Crippen LogP) is 3.85. The number of hydrogen-bond acceptors (Lipinski definition) is 12. The van der Waals surface area contributed by atoms with Crippen molar-refractivity contribution in [2.75, 3.05) is 91.3 Å². The first-order chi connectivity index (χ1) is 32.5. The van der Waals surface area contributed by atoms with E-state index in [1.54, 1.807) is 17.2 Å². The van der Waals surface area contributed by atoms with E-state index >= 15 is 4.39 Å². The van der Waals surface area contributed by atoms with Crippen LogP contribution in [0.5, 0.6) is 0 Å². The van der Waals surface area contributed by atoms with E-state index in [-0.39, 0.29) is 109 Å². The molecule has 0 radical (unpaired) electrons. The molecule has 1 aromatic heterocycles. The largest absolute Gasteiger partial charge is 0.480 e. The van der Waals surface area contributed by atoms with Crippen LogP contribution in [0.25, 0.3) is 11.1 Å². The number of carbonyl (C=O) groups is 6. The fraction of sp³-hybridized carbons (Fsp3) is 0.500. The number of halogens is 2. The fourth-order valence-electron chi connectivity index (χ4n) is 7.47. The van der Waals surface area contributed by atoms with Crippen molar-refractivity contribution in [3.63, 3.8) is 0 Å². The second-order valence-electron chi connectivity index (χ2n) is 16.9. The number of imide groups is 1. The minimum atomic E-state index is -1.44. The Morgan fingerprint density at radius 1 is 0.824 bits per heavy atom. The number of rotatable bonds is 31. The number of nitrogens with two attached hydrogens (primary N) is 1. The first-order valence-electron chi connectivity index (χ1n) is 22.5. The number of benzene rings is 2. The minimum Gasteiger partial charge on any atom is -0.480 e. The van der Waals surface area contributed by atoms with Gasteiger partial charge in [-0.25, -0.2) is 13.6 Å². The lowest BCUT2D eigenvalue weighted by atomic mass is 9.82. The van der Waals surface area contributed by atoms with Gasteiger partial charge in [0, 0.05) is 73.5 Å². The molecule has 2 atom stereocenters. The number of ether oxygens (including phenoxy) is 4. The van der Waals surface area contributed by atoms with Crippen molar-refractivity contribution in [2.24, 2.45) is 11.1 Å². The van der Waals surface area contributed by atoms with Crippen LogP contribution < -0.4 is 11.1 Å². The number of aromatic nitrogens is 1. The smallest absolute Gasteiger partial charge is 0.327 e. The summed E-state index contributed by atoms with van der Waals surface area (Å²) in [5, 5.41) is 12.8. The Bertz CT molecular complexity index is 2150. The number of carboxylic acids is 1. The Balaban J connectivity index is 1.29. The Labute approximate surface area is 401 Å². The summed E-state index contributed by atoms with van der Waals surface area (Å²) < 4.78 is 53.7. The summed E-state index contributed by atoms with van der Waals surface area (Å²) in [6, 6.07) is 12.3. The maximum absolute atomic E-state index is 15.2. The zero-order valence-electron chi connectivity index (χ0n) is 38.9. The Morgan fingerprint density at radius 3 is 2.03 bits per heavy atom. The van der Waals surface area contributed by atoms with Gasteiger partial charge in [-0.15, -0.1) is 0 Å². The molecule has 0 fully saturated rings. The van der Waals surface area contributed by atoms with Crippen LogP contribution in [0.1, 0.15) is 57.3 Å². The highest BCUT2D eigenvalue weighted by molar-refractivity contribution is 7.80. The molecule has 68 heavy (non-hydrogen) atoms. The number of carboxylic acid groups (broad SMARTS) is 1. The van der Waals surface area contributed by atoms with E-state index in [2.05, 4.69) is 17.9 Å². The summed E-state index contributed by atoms with van der Waals surface area (Å²) in [6.45, 7) is 7.76. The molecule has 1 aliphatic rings. The molecule has 372 valence electrons. The van der Waals surface area contributed by atoms with Crippen molar-refractivity contribution < 1.29 is 61.6 Å². The molecule has 4 rings (SSSR count). The van der Waals surface area contributed by atoms with Crippen molar-refractivity contribution in [3.05, 3.63) is 95.8 Å². The van der Waals surface area contributed by atoms with Crippen LogP contribution in [0.3, 0.4) is 0 Å². The highest BCUT2D eigenvalue weighted by atomic mass is 32.1. The molecule has 5 amide bonds. The SMILES string of the molecule is CC(C)(C)[C@H](c1cc(-c2cc(F)ccc2F)cn1Cc1ccccc1)N(CCCN)C(=O)CN(C(=O)CCOCCOCCOCCOCCNC(=O)CCN1C(=O)C=CC1=O)[C@@H](CS)C(=O)O. The van der Waals surface area contributed by atoms with Gasteiger partial charge in [0.1, 0.15) is 24.2 Å². The van der Waals surface area contributed by atoms with E-state index in [1.807, 2.05) is 55.7 Å². The molecule has 4 N–H and O–H groups in total. The molecule has 1 aliphatic heterocycles. The van der Waals surface area contributed by atoms with Crippen molar-refractivity contribution in [1.29, 1.82) is 0 Å². The average Bonchev–Trinajstić information content (AvgIpc) is 3.85. The first-order valence-corrected chi connectivity index (χ1v) is 23.1. The molecule has 0 saturated heterocycles. The lowest BCUT2D eigenvalue weighted by Gasteiger charge is -2.42. The number of thiol groups is 1. The van der Waals surface area contributed by atoms with Crippen LogP contribution in [0.2, 0.25) is 0 Å². The molecule has 0 aliphatic carbocycles. The lowest BCUT2D eigenvalue weighted by molar-refractivity contribution is -0.153. The molecule has 20 heteroatoms. The molecule has 2 aromatic carbocycles. The van der Waals surface area contributed by atoms with E-state index < -0.39 is 65.3 Å². The van der Waals surface area contributed by atoms with E-state index in [4.69, 9.17) is 24.7 Å². The molecule has 0 bridgehead atoms. The van der Waals surface area contributed by atoms with E-state index in [0.717, 1.165) is 45.7 Å². The van der Waals surface area contributed by atoms with Gasteiger partial charge in [0.15, 0.2) is 0 Å². The van der Waals surface area contributed by atoms with Gasteiger partial charge in [-0.2, -0.15) is 12.6 Å². The van der Waals surface area contributed by atoms with Gasteiger partial charge >= 0.3 is 5.97 Å². The summed E-state index contributed by atoms with van der Waals surface area (Å²) >= 11 is 4.23. The van der Waals surface area contributed by atoms with Crippen LogP contribution in [0, 0.1) is 17.0 Å². The van der Waals surface area contributed by atoms with E-state index in [1.165, 1.54) is 0 Å². The third-order valence-electron chi connectivity index (χ3n) is 10.8. The Kier molecular flexibility index (Phi) is 22.8. The van der Waals surface area contributed by atoms with Gasteiger partial charge in [0.05, 0.1) is 65.3 Å². The first kappa shape index (κ1) is 55.1. The second-order valence-corrected chi connectivity index (χ2v) is 17.3. The molecule has 17 nitrogen and oxygen atoms in total. The van der Waals surface area contributed by atoms with Crippen molar-refractivity contribution in [2.45, 2.75) is 58.7 Å². The molecule has 2 heterocycles. The van der Waals surface area contributed by atoms with Gasteiger partial charge < -0.3 is 49.5 Å². The summed E-state index contributed by atoms with van der Waals surface area (Å²) in [4.78, 5) is 79.6. The van der Waals surface area contributed by atoms with Crippen molar-refractivity contribution in [3.8, 4) is 11.1 Å². The van der Waals surface area contributed by atoms with Crippen LogP contribution >= 0.6 is 12.6 Å². The fourth-order valence-corrected chi connectivity index (χ4v) is 7.82. The summed E-state index contributed by atoms with van der Waals surface area (Å²) in [5.74, 6) is -5.20. The van der Waals surface area contributed by atoms with Crippen LogP contribution in [0.15, 0.2) is 72.9 Å². The minimum absolute atomic E-state index is 0.00624. The summed E-state index contributed by atoms with van der Waals surface area (Å²) in [6.07, 6.45) is 4.19. The number of hydrogen-bond donors (Lipinski definition) is 4. The molecule has 0 spiro atoms. The van der Waals surface area contributed by atoms with Crippen molar-refractivity contribution >= 4 is 48.1 Å². The Hall–Kier alpha value is -5.51. The zero-order valence-corrected chi connectivity index (χ0v) is 39.8. The van der Waals surface area contributed by atoms with E-state index in [0.29, 0.717) is 24.2 Å².